The summed E-state index contributed by atoms with van der Waals surface area (Å²) >= 11 is 0. The molecule has 0 amide bonds. The van der Waals surface area contributed by atoms with Crippen molar-refractivity contribution in [2.75, 3.05) is 0 Å². The third-order valence-corrected chi connectivity index (χ3v) is 11.2. The summed E-state index contributed by atoms with van der Waals surface area (Å²) in [6.45, 7) is 4.85. The van der Waals surface area contributed by atoms with Crippen molar-refractivity contribution in [3.8, 4) is 0 Å². The Balaban J connectivity index is 2.05. The summed E-state index contributed by atoms with van der Waals surface area (Å²) in [6, 6.07) is 33.9. The second-order valence-electron chi connectivity index (χ2n) is 7.74. The van der Waals surface area contributed by atoms with E-state index in [1.54, 1.807) is 11.1 Å². The third kappa shape index (κ3) is 3.25. The zero-order valence-corrected chi connectivity index (χ0v) is 17.9. The molecule has 0 fully saturated rings. The Labute approximate surface area is 170 Å². The van der Waals surface area contributed by atoms with Gasteiger partial charge in [-0.25, -0.2) is 0 Å². The van der Waals surface area contributed by atoms with Gasteiger partial charge in [-0.3, -0.25) is 0 Å². The molecule has 3 aromatic rings. The lowest BCUT2D eigenvalue weighted by Gasteiger charge is -2.34. The molecule has 0 aromatic heterocycles. The van der Waals surface area contributed by atoms with Crippen molar-refractivity contribution in [2.45, 2.75) is 45.2 Å². The normalized spacial score (nSPS) is 15.6. The van der Waals surface area contributed by atoms with Crippen LogP contribution in [0.15, 0.2) is 102 Å². The predicted molar refractivity (Wildman–Crippen MR) is 126 cm³/mol. The fourth-order valence-electron chi connectivity index (χ4n) is 5.08. The summed E-state index contributed by atoms with van der Waals surface area (Å²) < 4.78 is 0. The maximum absolute atomic E-state index is 2.51. The molecule has 0 bridgehead atoms. The molecule has 0 heterocycles. The molecule has 0 aliphatic heterocycles. The van der Waals surface area contributed by atoms with Crippen molar-refractivity contribution in [2.24, 2.45) is 0 Å². The van der Waals surface area contributed by atoms with Gasteiger partial charge < -0.3 is 0 Å². The van der Waals surface area contributed by atoms with Gasteiger partial charge in [0.25, 0.3) is 0 Å². The van der Waals surface area contributed by atoms with Crippen LogP contribution < -0.4 is 15.9 Å². The van der Waals surface area contributed by atoms with Gasteiger partial charge in [0.2, 0.25) is 0 Å². The lowest BCUT2D eigenvalue weighted by molar-refractivity contribution is 0.865. The number of benzene rings is 3. The molecular formula is C27H30P+. The number of hydrogen-bond acceptors (Lipinski definition) is 0. The fraction of sp³-hybridized carbons (Fsp3) is 0.259. The molecule has 3 aromatic carbocycles. The van der Waals surface area contributed by atoms with Crippen molar-refractivity contribution >= 4 is 23.2 Å². The summed E-state index contributed by atoms with van der Waals surface area (Å²) in [7, 11) is -1.80. The molecule has 0 spiro atoms. The molecule has 1 atom stereocenters. The largest absolute Gasteiger partial charge is 0.118 e. The minimum atomic E-state index is -1.80. The first-order valence-corrected chi connectivity index (χ1v) is 12.4. The molecule has 0 N–H and O–H groups in total. The van der Waals surface area contributed by atoms with Crippen molar-refractivity contribution in [3.05, 3.63) is 102 Å². The highest BCUT2D eigenvalue weighted by Gasteiger charge is 2.52. The van der Waals surface area contributed by atoms with Crippen LogP contribution in [0.5, 0.6) is 0 Å². The van der Waals surface area contributed by atoms with E-state index in [0.717, 1.165) is 0 Å². The summed E-state index contributed by atoms with van der Waals surface area (Å²) in [5, 5.41) is 4.49. The van der Waals surface area contributed by atoms with Gasteiger partial charge in [-0.2, -0.15) is 0 Å². The average molecular weight is 386 g/mol. The average Bonchev–Trinajstić information content (AvgIpc) is 3.25. The van der Waals surface area contributed by atoms with Gasteiger partial charge in [-0.1, -0.05) is 67.1 Å². The van der Waals surface area contributed by atoms with Crippen molar-refractivity contribution in [1.82, 2.24) is 0 Å². The van der Waals surface area contributed by atoms with Gasteiger partial charge in [0.05, 0.1) is 0 Å². The van der Waals surface area contributed by atoms with Crippen LogP contribution in [0.4, 0.5) is 0 Å². The summed E-state index contributed by atoms with van der Waals surface area (Å²) in [5.74, 6) is 0. The molecule has 142 valence electrons. The highest BCUT2D eigenvalue weighted by molar-refractivity contribution is 7.96. The third-order valence-electron chi connectivity index (χ3n) is 6.38. The van der Waals surface area contributed by atoms with Gasteiger partial charge >= 0.3 is 0 Å². The standard InChI is InChI=1S/C27H30P/c1-3-23-14-13-21-27(23)22(2)28(24-15-7-4-8-16-24,25-17-9-5-10-18-25)26-19-11-6-12-20-26/h4-12,15-20,22H,3,13-14,21H2,1-2H3/q+1. The Morgan fingerprint density at radius 2 is 1.11 bits per heavy atom. The van der Waals surface area contributed by atoms with Crippen molar-refractivity contribution < 1.29 is 0 Å². The van der Waals surface area contributed by atoms with Crippen LogP contribution in [0.2, 0.25) is 0 Å². The van der Waals surface area contributed by atoms with E-state index in [2.05, 4.69) is 105 Å². The second kappa shape index (κ2) is 8.46. The molecule has 28 heavy (non-hydrogen) atoms. The van der Waals surface area contributed by atoms with E-state index >= 15 is 0 Å². The van der Waals surface area contributed by atoms with E-state index < -0.39 is 7.26 Å². The molecule has 1 heteroatoms. The lowest BCUT2D eigenvalue weighted by Crippen LogP contribution is -2.38. The van der Waals surface area contributed by atoms with Gasteiger partial charge in [0, 0.05) is 0 Å². The van der Waals surface area contributed by atoms with E-state index in [9.17, 15) is 0 Å². The lowest BCUT2D eigenvalue weighted by atomic mass is 10.1. The zero-order valence-electron chi connectivity index (χ0n) is 17.0. The van der Waals surface area contributed by atoms with Gasteiger partial charge in [-0.05, 0) is 74.6 Å². The molecular weight excluding hydrogens is 355 g/mol. The minimum absolute atomic E-state index is 0.525. The van der Waals surface area contributed by atoms with Gasteiger partial charge in [-0.15, -0.1) is 0 Å². The second-order valence-corrected chi connectivity index (χ2v) is 11.5. The SMILES string of the molecule is CCC1=C(C(C)[P+](c2ccccc2)(c2ccccc2)c2ccccc2)CCC1. The Morgan fingerprint density at radius 3 is 1.50 bits per heavy atom. The van der Waals surface area contributed by atoms with Crippen LogP contribution in [-0.2, 0) is 0 Å². The van der Waals surface area contributed by atoms with E-state index in [4.69, 9.17) is 0 Å². The zero-order chi connectivity index (χ0) is 19.4. The minimum Gasteiger partial charge on any atom is -0.0674 e. The highest BCUT2D eigenvalue weighted by atomic mass is 31.2. The van der Waals surface area contributed by atoms with Crippen LogP contribution in [0.3, 0.4) is 0 Å². The molecule has 1 aliphatic carbocycles. The molecule has 0 nitrogen and oxygen atoms in total. The summed E-state index contributed by atoms with van der Waals surface area (Å²) in [6.07, 6.45) is 5.06. The topological polar surface area (TPSA) is 0 Å². The molecule has 1 unspecified atom stereocenters. The maximum atomic E-state index is 2.51. The maximum Gasteiger partial charge on any atom is 0.118 e. The number of allylic oxidation sites excluding steroid dienone is 2. The molecule has 0 radical (unpaired) electrons. The van der Waals surface area contributed by atoms with Crippen LogP contribution in [0.1, 0.15) is 39.5 Å². The smallest absolute Gasteiger partial charge is 0.0674 e. The Hall–Kier alpha value is -2.17. The highest BCUT2D eigenvalue weighted by Crippen LogP contribution is 2.63. The van der Waals surface area contributed by atoms with E-state index in [1.165, 1.54) is 41.6 Å². The quantitative estimate of drug-likeness (QED) is 0.347. The summed E-state index contributed by atoms with van der Waals surface area (Å²) in [5.41, 5.74) is 3.96. The molecule has 0 saturated heterocycles. The van der Waals surface area contributed by atoms with Crippen LogP contribution in [0, 0.1) is 0 Å². The predicted octanol–water partition coefficient (Wildman–Crippen LogP) is 6.26. The Bertz CT molecular complexity index is 829. The fourth-order valence-corrected chi connectivity index (χ4v) is 10.0. The Kier molecular flexibility index (Phi) is 5.79. The molecule has 1 aliphatic rings. The molecule has 4 rings (SSSR count). The Morgan fingerprint density at radius 1 is 0.679 bits per heavy atom. The van der Waals surface area contributed by atoms with Crippen molar-refractivity contribution in [1.29, 1.82) is 0 Å². The van der Waals surface area contributed by atoms with Crippen LogP contribution in [0.25, 0.3) is 0 Å². The van der Waals surface area contributed by atoms with Gasteiger partial charge in [0.1, 0.15) is 28.8 Å². The van der Waals surface area contributed by atoms with Crippen LogP contribution >= 0.6 is 7.26 Å². The first-order chi connectivity index (χ1) is 13.8. The summed E-state index contributed by atoms with van der Waals surface area (Å²) in [4.78, 5) is 0. The number of hydrogen-bond donors (Lipinski definition) is 0. The first-order valence-electron chi connectivity index (χ1n) is 10.5. The van der Waals surface area contributed by atoms with E-state index in [-0.39, 0.29) is 0 Å². The first kappa shape index (κ1) is 19.2. The molecule has 0 saturated carbocycles. The van der Waals surface area contributed by atoms with Crippen molar-refractivity contribution in [3.63, 3.8) is 0 Å². The van der Waals surface area contributed by atoms with E-state index in [0.29, 0.717) is 5.66 Å². The monoisotopic (exact) mass is 385 g/mol. The number of rotatable bonds is 6. The van der Waals surface area contributed by atoms with Crippen LogP contribution in [-0.4, -0.2) is 5.66 Å². The van der Waals surface area contributed by atoms with Gasteiger partial charge in [0.15, 0.2) is 0 Å². The van der Waals surface area contributed by atoms with E-state index in [1.807, 2.05) is 0 Å².